The number of hydrogen-bond acceptors (Lipinski definition) is 5. The fraction of sp³-hybridized carbons (Fsp3) is 0.280. The van der Waals surface area contributed by atoms with Crippen molar-refractivity contribution in [3.8, 4) is 22.8 Å². The summed E-state index contributed by atoms with van der Waals surface area (Å²) in [6.45, 7) is 4.63. The Morgan fingerprint density at radius 1 is 1.03 bits per heavy atom. The van der Waals surface area contributed by atoms with Gasteiger partial charge in [-0.15, -0.1) is 16.4 Å². The van der Waals surface area contributed by atoms with Crippen LogP contribution in [0.25, 0.3) is 22.8 Å². The summed E-state index contributed by atoms with van der Waals surface area (Å²) in [5, 5.41) is 5.62. The van der Waals surface area contributed by atoms with Crippen molar-refractivity contribution in [1.29, 1.82) is 0 Å². The Balaban J connectivity index is 1.44. The number of aromatic nitrogens is 4. The standard InChI is InChI=1S/C25H23F2N5OS/c1-15-13-22-21(28-16(2)34-22)11-12-31(15)23(33)14-32-25(18-5-9-20(27)10-6-18)29-24(30-32)17-3-7-19(26)8-4-17/h3-10,15H,11-14H2,1-2H3. The third-order valence-electron chi connectivity index (χ3n) is 5.97. The summed E-state index contributed by atoms with van der Waals surface area (Å²) in [6, 6.07) is 11.8. The smallest absolute Gasteiger partial charge is 0.244 e. The third-order valence-corrected chi connectivity index (χ3v) is 7.00. The van der Waals surface area contributed by atoms with E-state index < -0.39 is 0 Å². The Hall–Kier alpha value is -3.46. The number of nitrogens with zero attached hydrogens (tertiary/aromatic N) is 5. The number of thiazole rings is 1. The van der Waals surface area contributed by atoms with Crippen LogP contribution < -0.4 is 0 Å². The molecule has 1 atom stereocenters. The topological polar surface area (TPSA) is 63.9 Å². The Morgan fingerprint density at radius 3 is 2.35 bits per heavy atom. The van der Waals surface area contributed by atoms with Crippen LogP contribution >= 0.6 is 11.3 Å². The number of aryl methyl sites for hydroxylation is 1. The first kappa shape index (κ1) is 22.3. The first-order valence-corrected chi connectivity index (χ1v) is 11.9. The highest BCUT2D eigenvalue weighted by molar-refractivity contribution is 7.11. The molecule has 4 aromatic rings. The first-order chi connectivity index (χ1) is 16.4. The number of hydrogen-bond donors (Lipinski definition) is 0. The Morgan fingerprint density at radius 2 is 1.68 bits per heavy atom. The Bertz CT molecular complexity index is 1330. The van der Waals surface area contributed by atoms with Crippen molar-refractivity contribution in [3.63, 3.8) is 0 Å². The minimum Gasteiger partial charge on any atom is -0.338 e. The molecule has 34 heavy (non-hydrogen) atoms. The van der Waals surface area contributed by atoms with E-state index in [1.54, 1.807) is 40.3 Å². The van der Waals surface area contributed by atoms with Crippen LogP contribution in [0.1, 0.15) is 22.5 Å². The van der Waals surface area contributed by atoms with E-state index in [-0.39, 0.29) is 30.1 Å². The molecule has 1 unspecified atom stereocenters. The fourth-order valence-electron chi connectivity index (χ4n) is 4.27. The van der Waals surface area contributed by atoms with E-state index in [4.69, 9.17) is 0 Å². The van der Waals surface area contributed by atoms with Gasteiger partial charge < -0.3 is 4.90 Å². The van der Waals surface area contributed by atoms with Gasteiger partial charge in [0.2, 0.25) is 5.91 Å². The maximum absolute atomic E-state index is 13.5. The highest BCUT2D eigenvalue weighted by atomic mass is 32.1. The maximum Gasteiger partial charge on any atom is 0.244 e. The van der Waals surface area contributed by atoms with Gasteiger partial charge in [0.1, 0.15) is 18.2 Å². The second kappa shape index (κ2) is 9.06. The molecule has 1 amide bonds. The molecule has 0 radical (unpaired) electrons. The summed E-state index contributed by atoms with van der Waals surface area (Å²) in [4.78, 5) is 25.8. The lowest BCUT2D eigenvalue weighted by Crippen LogP contribution is -2.41. The van der Waals surface area contributed by atoms with Gasteiger partial charge >= 0.3 is 0 Å². The molecule has 1 aliphatic heterocycles. The van der Waals surface area contributed by atoms with Crippen LogP contribution in [0.4, 0.5) is 8.78 Å². The van der Waals surface area contributed by atoms with Gasteiger partial charge in [-0.1, -0.05) is 0 Å². The summed E-state index contributed by atoms with van der Waals surface area (Å²) in [5.74, 6) is 0.0348. The van der Waals surface area contributed by atoms with Gasteiger partial charge in [-0.25, -0.2) is 23.4 Å². The second-order valence-electron chi connectivity index (χ2n) is 8.42. The zero-order valence-corrected chi connectivity index (χ0v) is 19.6. The molecule has 9 heteroatoms. The van der Waals surface area contributed by atoms with E-state index in [9.17, 15) is 13.6 Å². The molecule has 5 rings (SSSR count). The summed E-state index contributed by atoms with van der Waals surface area (Å²) in [5.41, 5.74) is 2.35. The summed E-state index contributed by atoms with van der Waals surface area (Å²) >= 11 is 1.69. The highest BCUT2D eigenvalue weighted by Gasteiger charge is 2.28. The predicted octanol–water partition coefficient (Wildman–Crippen LogP) is 4.67. The number of carbonyl (C=O) groups is 1. The second-order valence-corrected chi connectivity index (χ2v) is 9.71. The van der Waals surface area contributed by atoms with Crippen LogP contribution in [0.5, 0.6) is 0 Å². The monoisotopic (exact) mass is 479 g/mol. The summed E-state index contributed by atoms with van der Waals surface area (Å²) in [6.07, 6.45) is 1.49. The lowest BCUT2D eigenvalue weighted by molar-refractivity contribution is -0.133. The van der Waals surface area contributed by atoms with Crippen molar-refractivity contribution in [1.82, 2.24) is 24.6 Å². The fourth-order valence-corrected chi connectivity index (χ4v) is 5.37. The number of fused-ring (bicyclic) bond motifs is 1. The first-order valence-electron chi connectivity index (χ1n) is 11.1. The third kappa shape index (κ3) is 4.48. The van der Waals surface area contributed by atoms with Gasteiger partial charge in [-0.3, -0.25) is 4.79 Å². The SMILES string of the molecule is Cc1nc2c(s1)CC(C)N(C(=O)Cn1nc(-c3ccc(F)cc3)nc1-c1ccc(F)cc1)CC2. The molecule has 0 N–H and O–H groups in total. The average Bonchev–Trinajstić information content (AvgIpc) is 3.33. The molecule has 174 valence electrons. The number of rotatable bonds is 4. The average molecular weight is 480 g/mol. The minimum atomic E-state index is -0.362. The number of amides is 1. The van der Waals surface area contributed by atoms with Gasteiger partial charge in [-0.2, -0.15) is 0 Å². The number of carbonyl (C=O) groups excluding carboxylic acids is 1. The largest absolute Gasteiger partial charge is 0.338 e. The molecule has 2 aromatic carbocycles. The van der Waals surface area contributed by atoms with E-state index in [1.807, 2.05) is 18.7 Å². The van der Waals surface area contributed by atoms with Crippen molar-refractivity contribution in [2.75, 3.05) is 6.54 Å². The highest BCUT2D eigenvalue weighted by Crippen LogP contribution is 2.27. The van der Waals surface area contributed by atoms with Gasteiger partial charge in [0.15, 0.2) is 11.6 Å². The van der Waals surface area contributed by atoms with Gasteiger partial charge in [-0.05, 0) is 62.4 Å². The lowest BCUT2D eigenvalue weighted by Gasteiger charge is -2.27. The quantitative estimate of drug-likeness (QED) is 0.427. The van der Waals surface area contributed by atoms with Crippen molar-refractivity contribution >= 4 is 17.2 Å². The molecule has 0 saturated carbocycles. The summed E-state index contributed by atoms with van der Waals surface area (Å²) < 4.78 is 28.5. The van der Waals surface area contributed by atoms with Crippen molar-refractivity contribution < 1.29 is 13.6 Å². The molecule has 0 fully saturated rings. The predicted molar refractivity (Wildman–Crippen MR) is 126 cm³/mol. The van der Waals surface area contributed by atoms with E-state index in [0.29, 0.717) is 29.3 Å². The van der Waals surface area contributed by atoms with Crippen LogP contribution in [0.2, 0.25) is 0 Å². The van der Waals surface area contributed by atoms with E-state index >= 15 is 0 Å². The Kier molecular flexibility index (Phi) is 5.95. The lowest BCUT2D eigenvalue weighted by atomic mass is 10.2. The van der Waals surface area contributed by atoms with Crippen molar-refractivity contribution in [2.24, 2.45) is 0 Å². The van der Waals surface area contributed by atoms with Crippen LogP contribution in [-0.4, -0.2) is 43.1 Å². The van der Waals surface area contributed by atoms with Crippen LogP contribution in [-0.2, 0) is 24.2 Å². The van der Waals surface area contributed by atoms with E-state index in [1.165, 1.54) is 29.1 Å². The normalized spacial score (nSPS) is 15.8. The van der Waals surface area contributed by atoms with Crippen molar-refractivity contribution in [3.05, 3.63) is 75.7 Å². The molecule has 3 heterocycles. The van der Waals surface area contributed by atoms with Gasteiger partial charge in [0.25, 0.3) is 0 Å². The van der Waals surface area contributed by atoms with Crippen LogP contribution in [0.15, 0.2) is 48.5 Å². The molecule has 0 spiro atoms. The molecule has 0 bridgehead atoms. The summed E-state index contributed by atoms with van der Waals surface area (Å²) in [7, 11) is 0. The zero-order valence-electron chi connectivity index (χ0n) is 18.8. The minimum absolute atomic E-state index is 0.00858. The molecular weight excluding hydrogens is 456 g/mol. The van der Waals surface area contributed by atoms with Crippen molar-refractivity contribution in [2.45, 2.75) is 39.3 Å². The van der Waals surface area contributed by atoms with Crippen LogP contribution in [0, 0.1) is 18.6 Å². The van der Waals surface area contributed by atoms with Gasteiger partial charge in [0, 0.05) is 41.4 Å². The van der Waals surface area contributed by atoms with Gasteiger partial charge in [0.05, 0.1) is 10.7 Å². The van der Waals surface area contributed by atoms with E-state index in [2.05, 4.69) is 15.1 Å². The molecule has 1 aliphatic rings. The number of benzene rings is 2. The van der Waals surface area contributed by atoms with Crippen LogP contribution in [0.3, 0.4) is 0 Å². The molecular formula is C25H23F2N5OS. The Labute approximate surface area is 199 Å². The zero-order chi connectivity index (χ0) is 23.8. The molecule has 2 aromatic heterocycles. The van der Waals surface area contributed by atoms with E-state index in [0.717, 1.165) is 23.5 Å². The number of halogens is 2. The molecule has 0 saturated heterocycles. The maximum atomic E-state index is 13.5. The molecule has 6 nitrogen and oxygen atoms in total. The molecule has 0 aliphatic carbocycles.